The third-order valence-corrected chi connectivity index (χ3v) is 7.37. The quantitative estimate of drug-likeness (QED) is 0.203. The molecule has 2 fully saturated rings. The maximum Gasteiger partial charge on any atom is 1.00 e. The number of halogens is 2. The molecule has 9 nitrogen and oxygen atoms in total. The number of ether oxygens (including phenoxy) is 4. The Bertz CT molecular complexity index is 1320. The van der Waals surface area contributed by atoms with Gasteiger partial charge in [0.2, 0.25) is 11.2 Å². The normalized spacial score (nSPS) is 27.2. The van der Waals surface area contributed by atoms with E-state index in [2.05, 4.69) is 12.1 Å². The molecule has 200 valence electrons. The molecule has 0 spiro atoms. The van der Waals surface area contributed by atoms with Gasteiger partial charge in [-0.3, -0.25) is 0 Å². The van der Waals surface area contributed by atoms with E-state index in [0.717, 1.165) is 0 Å². The summed E-state index contributed by atoms with van der Waals surface area (Å²) in [4.78, 5) is 39.4. The zero-order chi connectivity index (χ0) is 27.8. The van der Waals surface area contributed by atoms with E-state index >= 15 is 0 Å². The SMILES string of the molecule is CCOC(=O)C1(OC(=O)OC2(C(=O)OCC)CC2(C#N)c2cccc(Cl)c2)CC1(C#N)c1cccc(Cl)c1.[H-].[H-].[K+].[K+]. The molecule has 0 aliphatic heterocycles. The molecule has 4 unspecified atom stereocenters. The number of esters is 2. The number of hydrogen-bond donors (Lipinski definition) is 0. The molecule has 2 aromatic carbocycles. The van der Waals surface area contributed by atoms with Gasteiger partial charge in [0.05, 0.1) is 25.4 Å². The number of nitriles is 2. The Kier molecular flexibility index (Phi) is 12.4. The number of rotatable bonds is 8. The van der Waals surface area contributed by atoms with Crippen molar-refractivity contribution in [2.45, 2.75) is 48.7 Å². The molecule has 4 atom stereocenters. The van der Waals surface area contributed by atoms with Crippen LogP contribution in [0.3, 0.4) is 0 Å². The van der Waals surface area contributed by atoms with Gasteiger partial charge in [0.25, 0.3) is 0 Å². The van der Waals surface area contributed by atoms with Gasteiger partial charge < -0.3 is 21.8 Å². The summed E-state index contributed by atoms with van der Waals surface area (Å²) in [5.74, 6) is -1.92. The molecule has 2 aliphatic rings. The van der Waals surface area contributed by atoms with Crippen molar-refractivity contribution in [1.82, 2.24) is 0 Å². The van der Waals surface area contributed by atoms with Crippen LogP contribution in [0.15, 0.2) is 48.5 Å². The Balaban J connectivity index is 0.00000420. The molecule has 2 aliphatic carbocycles. The fourth-order valence-corrected chi connectivity index (χ4v) is 5.23. The molecule has 2 saturated carbocycles. The average Bonchev–Trinajstić information content (AvgIpc) is 3.76. The number of carbonyl (C=O) groups excluding carboxylic acids is 3. The molecular weight excluding hydrogens is 613 g/mol. The van der Waals surface area contributed by atoms with Crippen molar-refractivity contribution < 1.29 is 139 Å². The minimum atomic E-state index is -2.06. The van der Waals surface area contributed by atoms with Crippen molar-refractivity contribution >= 4 is 41.3 Å². The summed E-state index contributed by atoms with van der Waals surface area (Å²) in [6.07, 6.45) is -1.89. The zero-order valence-electron chi connectivity index (χ0n) is 24.5. The van der Waals surface area contributed by atoms with Crippen LogP contribution in [0.5, 0.6) is 0 Å². The Morgan fingerprint density at radius 3 is 1.48 bits per heavy atom. The van der Waals surface area contributed by atoms with E-state index in [9.17, 15) is 24.9 Å². The molecule has 4 rings (SSSR count). The predicted molar refractivity (Wildman–Crippen MR) is 135 cm³/mol. The van der Waals surface area contributed by atoms with Gasteiger partial charge in [-0.25, -0.2) is 14.4 Å². The molecule has 0 bridgehead atoms. The Morgan fingerprint density at radius 2 is 1.18 bits per heavy atom. The van der Waals surface area contributed by atoms with Crippen molar-refractivity contribution in [3.05, 3.63) is 69.7 Å². The maximum absolute atomic E-state index is 13.2. The fraction of sp³-hybridized carbons (Fsp3) is 0.370. The van der Waals surface area contributed by atoms with Gasteiger partial charge in [-0.1, -0.05) is 47.5 Å². The van der Waals surface area contributed by atoms with Crippen LogP contribution in [0.4, 0.5) is 4.79 Å². The van der Waals surface area contributed by atoms with Gasteiger partial charge >= 0.3 is 121 Å². The maximum atomic E-state index is 13.2. The second-order valence-electron chi connectivity index (χ2n) is 8.96. The minimum absolute atomic E-state index is 0. The summed E-state index contributed by atoms with van der Waals surface area (Å²) in [6.45, 7) is 3.03. The Morgan fingerprint density at radius 1 is 0.800 bits per heavy atom. The van der Waals surface area contributed by atoms with E-state index in [4.69, 9.17) is 42.1 Å². The van der Waals surface area contributed by atoms with Crippen LogP contribution >= 0.6 is 23.2 Å². The van der Waals surface area contributed by atoms with E-state index in [1.54, 1.807) is 50.2 Å². The van der Waals surface area contributed by atoms with E-state index in [1.165, 1.54) is 12.1 Å². The molecular formula is C27H24Cl2K2N2O7. The van der Waals surface area contributed by atoms with Gasteiger partial charge in [-0.15, -0.1) is 0 Å². The topological polar surface area (TPSA) is 136 Å². The van der Waals surface area contributed by atoms with Crippen LogP contribution < -0.4 is 103 Å². The first kappa shape index (κ1) is 35.7. The van der Waals surface area contributed by atoms with Crippen LogP contribution in [0.25, 0.3) is 0 Å². The first-order chi connectivity index (χ1) is 18.1. The smallest absolute Gasteiger partial charge is 1.00 e. The summed E-state index contributed by atoms with van der Waals surface area (Å²) >= 11 is 12.2. The van der Waals surface area contributed by atoms with Gasteiger partial charge in [-0.05, 0) is 49.2 Å². The second-order valence-corrected chi connectivity index (χ2v) is 9.83. The van der Waals surface area contributed by atoms with Gasteiger partial charge in [0.1, 0.15) is 10.8 Å². The predicted octanol–water partition coefficient (Wildman–Crippen LogP) is -0.986. The molecule has 0 aromatic heterocycles. The largest absolute Gasteiger partial charge is 1.00 e. The molecule has 13 heteroatoms. The molecule has 0 amide bonds. The summed E-state index contributed by atoms with van der Waals surface area (Å²) in [5, 5.41) is 20.8. The van der Waals surface area contributed by atoms with E-state index < -0.39 is 40.1 Å². The monoisotopic (exact) mass is 636 g/mol. The standard InChI is InChI=1S/C27H22Cl2N2O7.2K.2H/c1-3-35-21(32)26(13-24(26,15-30)17-7-5-9-19(28)11-17)37-23(34)38-27(22(33)36-4-2)14-25(27,16-31)18-8-6-10-20(29)12-18;;;;/h5-12H,3-4,13-14H2,1-2H3;;;;/q;2*+1;2*-1. The van der Waals surface area contributed by atoms with Crippen LogP contribution in [-0.4, -0.2) is 42.5 Å². The molecule has 0 heterocycles. The van der Waals surface area contributed by atoms with Crippen LogP contribution in [0.1, 0.15) is 40.7 Å². The number of hydrogen-bond acceptors (Lipinski definition) is 9. The minimum Gasteiger partial charge on any atom is -1.00 e. The van der Waals surface area contributed by atoms with Gasteiger partial charge in [0, 0.05) is 22.9 Å². The zero-order valence-corrected chi connectivity index (χ0v) is 30.2. The summed E-state index contributed by atoms with van der Waals surface area (Å²) in [5.41, 5.74) is -6.66. The third kappa shape index (κ3) is 5.96. The molecule has 0 radical (unpaired) electrons. The van der Waals surface area contributed by atoms with Gasteiger partial charge in [-0.2, -0.15) is 10.5 Å². The van der Waals surface area contributed by atoms with E-state index in [1.807, 2.05) is 0 Å². The van der Waals surface area contributed by atoms with Crippen LogP contribution in [0.2, 0.25) is 10.0 Å². The summed E-state index contributed by atoms with van der Waals surface area (Å²) < 4.78 is 21.3. The first-order valence-corrected chi connectivity index (χ1v) is 12.5. The van der Waals surface area contributed by atoms with E-state index in [0.29, 0.717) is 21.2 Å². The van der Waals surface area contributed by atoms with E-state index in [-0.39, 0.29) is 132 Å². The molecule has 0 N–H and O–H groups in total. The van der Waals surface area contributed by atoms with Crippen molar-refractivity contribution in [2.75, 3.05) is 13.2 Å². The van der Waals surface area contributed by atoms with Crippen LogP contribution in [0, 0.1) is 22.7 Å². The Hall–Kier alpha value is -0.517. The van der Waals surface area contributed by atoms with Crippen molar-refractivity contribution in [3.63, 3.8) is 0 Å². The fourth-order valence-electron chi connectivity index (χ4n) is 4.85. The van der Waals surface area contributed by atoms with Crippen LogP contribution in [-0.2, 0) is 39.4 Å². The number of benzene rings is 2. The van der Waals surface area contributed by atoms with Crippen molar-refractivity contribution in [3.8, 4) is 12.1 Å². The van der Waals surface area contributed by atoms with Gasteiger partial charge in [0.15, 0.2) is 0 Å². The first-order valence-electron chi connectivity index (χ1n) is 11.7. The second kappa shape index (κ2) is 13.8. The van der Waals surface area contributed by atoms with Crippen molar-refractivity contribution in [2.24, 2.45) is 0 Å². The molecule has 40 heavy (non-hydrogen) atoms. The Labute approximate surface area is 329 Å². The van der Waals surface area contributed by atoms with Crippen molar-refractivity contribution in [1.29, 1.82) is 10.5 Å². The summed E-state index contributed by atoms with van der Waals surface area (Å²) in [7, 11) is 0. The molecule has 2 aromatic rings. The average molecular weight is 638 g/mol. The number of carbonyl (C=O) groups is 3. The number of nitrogens with zero attached hydrogens (tertiary/aromatic N) is 2. The summed E-state index contributed by atoms with van der Waals surface area (Å²) in [6, 6.07) is 16.6. The third-order valence-electron chi connectivity index (χ3n) is 6.90. The molecule has 0 saturated heterocycles.